The molecular weight excluding hydrogens is 186 g/mol. The zero-order valence-corrected chi connectivity index (χ0v) is 8.10. The predicted octanol–water partition coefficient (Wildman–Crippen LogP) is 0.814. The first-order chi connectivity index (χ1) is 6.50. The molecule has 0 saturated carbocycles. The van der Waals surface area contributed by atoms with E-state index in [1.54, 1.807) is 0 Å². The summed E-state index contributed by atoms with van der Waals surface area (Å²) in [5.74, 6) is -0.989. The van der Waals surface area contributed by atoms with E-state index >= 15 is 0 Å². The Balaban J connectivity index is 2.71. The van der Waals surface area contributed by atoms with Gasteiger partial charge < -0.3 is 15.4 Å². The zero-order valence-electron chi connectivity index (χ0n) is 8.10. The minimum Gasteiger partial charge on any atom is -0.475 e. The Bertz CT molecular complexity index is 321. The van der Waals surface area contributed by atoms with Gasteiger partial charge in [0.05, 0.1) is 6.04 Å². The number of nitrogens with zero attached hydrogens (tertiary/aromatic N) is 2. The molecule has 0 aromatic carbocycles. The number of hydrogen-bond donors (Lipinski definition) is 2. The van der Waals surface area contributed by atoms with E-state index in [0.717, 1.165) is 0 Å². The van der Waals surface area contributed by atoms with Crippen molar-refractivity contribution in [1.29, 1.82) is 0 Å². The maximum absolute atomic E-state index is 10.4. The quantitative estimate of drug-likeness (QED) is 0.744. The van der Waals surface area contributed by atoms with Crippen molar-refractivity contribution in [3.63, 3.8) is 0 Å². The molecule has 1 rings (SSSR count). The third kappa shape index (κ3) is 2.53. The van der Waals surface area contributed by atoms with Gasteiger partial charge in [0.15, 0.2) is 0 Å². The van der Waals surface area contributed by atoms with Crippen LogP contribution in [0.4, 0.5) is 0 Å². The van der Waals surface area contributed by atoms with Crippen LogP contribution in [-0.4, -0.2) is 21.2 Å². The van der Waals surface area contributed by atoms with E-state index in [2.05, 4.69) is 10.1 Å². The normalized spacial score (nSPS) is 13.1. The van der Waals surface area contributed by atoms with Crippen LogP contribution in [0.2, 0.25) is 0 Å². The van der Waals surface area contributed by atoms with Crippen LogP contribution in [0.5, 0.6) is 0 Å². The first kappa shape index (κ1) is 10.6. The summed E-state index contributed by atoms with van der Waals surface area (Å²) in [6.45, 7) is 4.02. The van der Waals surface area contributed by atoms with Crippen LogP contribution in [0, 0.1) is 5.92 Å². The number of carboxylic acid groups (broad SMARTS) is 1. The molecular formula is C8H13N3O3. The van der Waals surface area contributed by atoms with Gasteiger partial charge in [0.2, 0.25) is 5.89 Å². The van der Waals surface area contributed by atoms with Crippen LogP contribution >= 0.6 is 0 Å². The fourth-order valence-electron chi connectivity index (χ4n) is 1.08. The summed E-state index contributed by atoms with van der Waals surface area (Å²) in [5.41, 5.74) is 5.72. The van der Waals surface area contributed by atoms with Crippen LogP contribution in [0.25, 0.3) is 0 Å². The van der Waals surface area contributed by atoms with Crippen molar-refractivity contribution >= 4 is 5.97 Å². The van der Waals surface area contributed by atoms with Crippen LogP contribution in [0.15, 0.2) is 4.52 Å². The van der Waals surface area contributed by atoms with Gasteiger partial charge in [-0.3, -0.25) is 0 Å². The van der Waals surface area contributed by atoms with Crippen molar-refractivity contribution in [3.8, 4) is 0 Å². The van der Waals surface area contributed by atoms with E-state index in [0.29, 0.717) is 12.3 Å². The average molecular weight is 199 g/mol. The Labute approximate surface area is 81.1 Å². The number of carbonyl (C=O) groups is 1. The lowest BCUT2D eigenvalue weighted by atomic mass is 10.0. The van der Waals surface area contributed by atoms with Crippen molar-refractivity contribution in [1.82, 2.24) is 10.1 Å². The smallest absolute Gasteiger partial charge is 0.377 e. The molecule has 0 aliphatic heterocycles. The number of aromatic nitrogens is 2. The molecule has 1 heterocycles. The molecule has 0 unspecified atom stereocenters. The summed E-state index contributed by atoms with van der Waals surface area (Å²) in [6.07, 6.45) is 0.682. The first-order valence-corrected chi connectivity index (χ1v) is 4.33. The zero-order chi connectivity index (χ0) is 10.7. The van der Waals surface area contributed by atoms with Gasteiger partial charge >= 0.3 is 5.97 Å². The Morgan fingerprint density at radius 1 is 1.64 bits per heavy atom. The molecule has 0 radical (unpaired) electrons. The SMILES string of the molecule is CC(C)C[C@@H](N)c1nc(C(=O)O)no1. The second-order valence-electron chi connectivity index (χ2n) is 3.50. The highest BCUT2D eigenvalue weighted by Gasteiger charge is 2.18. The Morgan fingerprint density at radius 2 is 2.29 bits per heavy atom. The molecule has 0 amide bonds. The molecule has 1 aromatic rings. The van der Waals surface area contributed by atoms with Gasteiger partial charge in [-0.25, -0.2) is 4.79 Å². The number of carboxylic acids is 1. The monoisotopic (exact) mass is 199 g/mol. The molecule has 0 fully saturated rings. The summed E-state index contributed by atoms with van der Waals surface area (Å²) < 4.78 is 4.72. The van der Waals surface area contributed by atoms with E-state index in [9.17, 15) is 4.79 Å². The van der Waals surface area contributed by atoms with Crippen molar-refractivity contribution in [2.75, 3.05) is 0 Å². The molecule has 14 heavy (non-hydrogen) atoms. The van der Waals surface area contributed by atoms with Crippen molar-refractivity contribution in [3.05, 3.63) is 11.7 Å². The molecule has 6 heteroatoms. The molecule has 0 spiro atoms. The minimum atomic E-state index is -1.21. The second kappa shape index (κ2) is 4.19. The molecule has 0 aliphatic carbocycles. The van der Waals surface area contributed by atoms with E-state index < -0.39 is 12.0 Å². The lowest BCUT2D eigenvalue weighted by molar-refractivity contribution is 0.0680. The first-order valence-electron chi connectivity index (χ1n) is 4.33. The van der Waals surface area contributed by atoms with E-state index in [-0.39, 0.29) is 11.7 Å². The summed E-state index contributed by atoms with van der Waals surface area (Å²) in [4.78, 5) is 14.1. The number of aromatic carboxylic acids is 1. The third-order valence-electron chi connectivity index (χ3n) is 1.68. The molecule has 1 atom stereocenters. The number of nitrogens with two attached hydrogens (primary N) is 1. The molecule has 0 saturated heterocycles. The summed E-state index contributed by atoms with van der Waals surface area (Å²) in [5, 5.41) is 11.8. The maximum Gasteiger partial charge on any atom is 0.377 e. The van der Waals surface area contributed by atoms with Gasteiger partial charge in [0.25, 0.3) is 5.82 Å². The highest BCUT2D eigenvalue weighted by molar-refractivity contribution is 5.82. The predicted molar refractivity (Wildman–Crippen MR) is 47.6 cm³/mol. The van der Waals surface area contributed by atoms with Crippen LogP contribution < -0.4 is 5.73 Å². The molecule has 0 bridgehead atoms. The molecule has 0 aliphatic rings. The lowest BCUT2D eigenvalue weighted by Crippen LogP contribution is -2.13. The van der Waals surface area contributed by atoms with Crippen LogP contribution in [0.3, 0.4) is 0 Å². The standard InChI is InChI=1S/C8H13N3O3/c1-4(2)3-5(9)7-10-6(8(12)13)11-14-7/h4-5H,3,9H2,1-2H3,(H,12,13)/t5-/m1/s1. The average Bonchev–Trinajstić information content (AvgIpc) is 2.50. The van der Waals surface area contributed by atoms with Crippen LogP contribution in [-0.2, 0) is 0 Å². The summed E-state index contributed by atoms with van der Waals surface area (Å²) in [7, 11) is 0. The van der Waals surface area contributed by atoms with E-state index in [1.807, 2.05) is 13.8 Å². The highest BCUT2D eigenvalue weighted by Crippen LogP contribution is 2.16. The maximum atomic E-state index is 10.4. The van der Waals surface area contributed by atoms with Gasteiger partial charge in [-0.15, -0.1) is 0 Å². The fourth-order valence-corrected chi connectivity index (χ4v) is 1.08. The second-order valence-corrected chi connectivity index (χ2v) is 3.50. The topological polar surface area (TPSA) is 102 Å². The van der Waals surface area contributed by atoms with Gasteiger partial charge in [0.1, 0.15) is 0 Å². The molecule has 1 aromatic heterocycles. The summed E-state index contributed by atoms with van der Waals surface area (Å²) in [6, 6.07) is -0.393. The Morgan fingerprint density at radius 3 is 2.71 bits per heavy atom. The third-order valence-corrected chi connectivity index (χ3v) is 1.68. The number of rotatable bonds is 4. The fraction of sp³-hybridized carbons (Fsp3) is 0.625. The van der Waals surface area contributed by atoms with Gasteiger partial charge in [-0.2, -0.15) is 4.98 Å². The molecule has 78 valence electrons. The molecule has 3 N–H and O–H groups in total. The largest absolute Gasteiger partial charge is 0.475 e. The van der Waals surface area contributed by atoms with Gasteiger partial charge in [-0.1, -0.05) is 13.8 Å². The number of hydrogen-bond acceptors (Lipinski definition) is 5. The highest BCUT2D eigenvalue weighted by atomic mass is 16.5. The van der Waals surface area contributed by atoms with E-state index in [4.69, 9.17) is 15.4 Å². The van der Waals surface area contributed by atoms with Crippen LogP contribution in [0.1, 0.15) is 42.8 Å². The Hall–Kier alpha value is -1.43. The van der Waals surface area contributed by atoms with Crippen molar-refractivity contribution < 1.29 is 14.4 Å². The van der Waals surface area contributed by atoms with Gasteiger partial charge in [0, 0.05) is 0 Å². The Kier molecular flexibility index (Phi) is 3.19. The minimum absolute atomic E-state index is 0.177. The lowest BCUT2D eigenvalue weighted by Gasteiger charge is -2.08. The van der Waals surface area contributed by atoms with Crippen molar-refractivity contribution in [2.45, 2.75) is 26.3 Å². The van der Waals surface area contributed by atoms with Crippen molar-refractivity contribution in [2.24, 2.45) is 11.7 Å². The van der Waals surface area contributed by atoms with Gasteiger partial charge in [-0.05, 0) is 17.5 Å². The molecule has 6 nitrogen and oxygen atoms in total. The van der Waals surface area contributed by atoms with E-state index in [1.165, 1.54) is 0 Å². The summed E-state index contributed by atoms with van der Waals surface area (Å²) >= 11 is 0.